The average molecular weight is 242 g/mol. The first-order valence-electron chi connectivity index (χ1n) is 6.46. The first-order chi connectivity index (χ1) is 8.77. The minimum absolute atomic E-state index is 0.467. The number of rotatable bonds is 2. The highest BCUT2D eigenvalue weighted by Crippen LogP contribution is 2.36. The Kier molecular flexibility index (Phi) is 2.70. The van der Waals surface area contributed by atoms with Crippen molar-refractivity contribution >= 4 is 5.82 Å². The van der Waals surface area contributed by atoms with Crippen molar-refractivity contribution in [3.8, 4) is 11.3 Å². The van der Waals surface area contributed by atoms with Gasteiger partial charge in [0.15, 0.2) is 5.82 Å². The van der Waals surface area contributed by atoms with Gasteiger partial charge in [0.1, 0.15) is 11.5 Å². The van der Waals surface area contributed by atoms with Crippen LogP contribution < -0.4 is 11.6 Å². The van der Waals surface area contributed by atoms with Gasteiger partial charge in [0, 0.05) is 11.5 Å². The molecule has 0 radical (unpaired) electrons. The second-order valence-corrected chi connectivity index (χ2v) is 4.92. The molecule has 3 rings (SSSR count). The van der Waals surface area contributed by atoms with Crippen LogP contribution in [0.2, 0.25) is 0 Å². The van der Waals surface area contributed by atoms with Crippen LogP contribution in [0, 0.1) is 0 Å². The van der Waals surface area contributed by atoms with Crippen molar-refractivity contribution in [2.45, 2.75) is 31.6 Å². The quantitative estimate of drug-likeness (QED) is 0.795. The maximum Gasteiger partial charge on any atom is 0.150 e. The molecule has 4 N–H and O–H groups in total. The van der Waals surface area contributed by atoms with Gasteiger partial charge in [-0.15, -0.1) is 0 Å². The summed E-state index contributed by atoms with van der Waals surface area (Å²) in [5.41, 5.74) is 7.91. The number of imidazole rings is 1. The van der Waals surface area contributed by atoms with E-state index in [2.05, 4.69) is 4.98 Å². The van der Waals surface area contributed by atoms with E-state index in [-0.39, 0.29) is 0 Å². The van der Waals surface area contributed by atoms with Gasteiger partial charge in [-0.2, -0.15) is 0 Å². The monoisotopic (exact) mass is 242 g/mol. The molecule has 0 amide bonds. The fourth-order valence-corrected chi connectivity index (χ4v) is 2.74. The predicted molar refractivity (Wildman–Crippen MR) is 73.4 cm³/mol. The van der Waals surface area contributed by atoms with Gasteiger partial charge in [0.2, 0.25) is 0 Å². The van der Waals surface area contributed by atoms with E-state index in [0.29, 0.717) is 11.7 Å². The molecule has 0 spiro atoms. The van der Waals surface area contributed by atoms with Crippen molar-refractivity contribution in [2.24, 2.45) is 0 Å². The third kappa shape index (κ3) is 1.74. The summed E-state index contributed by atoms with van der Waals surface area (Å²) in [4.78, 5) is 4.67. The number of anilines is 1. The van der Waals surface area contributed by atoms with E-state index in [1.54, 1.807) is 4.68 Å². The van der Waals surface area contributed by atoms with Gasteiger partial charge in [-0.1, -0.05) is 43.2 Å². The van der Waals surface area contributed by atoms with Gasteiger partial charge in [-0.05, 0) is 12.8 Å². The molecule has 1 aromatic carbocycles. The molecule has 1 fully saturated rings. The maximum absolute atomic E-state index is 6.08. The summed E-state index contributed by atoms with van der Waals surface area (Å²) in [5, 5.41) is 0. The van der Waals surface area contributed by atoms with Crippen molar-refractivity contribution in [1.29, 1.82) is 0 Å². The predicted octanol–water partition coefficient (Wildman–Crippen LogP) is 2.50. The Bertz CT molecular complexity index is 538. The number of hydrogen-bond acceptors (Lipinski definition) is 3. The standard InChI is InChI=1S/C14H18N4/c15-13-12(10-6-2-1-3-7-10)17-14(18(13)16)11-8-4-5-9-11/h1-3,6-7,11H,4-5,8-9,15-16H2. The van der Waals surface area contributed by atoms with E-state index in [9.17, 15) is 0 Å². The Morgan fingerprint density at radius 3 is 2.44 bits per heavy atom. The van der Waals surface area contributed by atoms with Crippen molar-refractivity contribution in [3.05, 3.63) is 36.2 Å². The van der Waals surface area contributed by atoms with Gasteiger partial charge in [-0.3, -0.25) is 0 Å². The van der Waals surface area contributed by atoms with Crippen molar-refractivity contribution in [3.63, 3.8) is 0 Å². The molecule has 0 unspecified atom stereocenters. The third-order valence-electron chi connectivity index (χ3n) is 3.74. The molecule has 94 valence electrons. The summed E-state index contributed by atoms with van der Waals surface area (Å²) in [7, 11) is 0. The lowest BCUT2D eigenvalue weighted by Crippen LogP contribution is -2.17. The second-order valence-electron chi connectivity index (χ2n) is 4.92. The van der Waals surface area contributed by atoms with Crippen LogP contribution in [-0.4, -0.2) is 9.66 Å². The normalized spacial score (nSPS) is 16.2. The molecule has 4 nitrogen and oxygen atoms in total. The lowest BCUT2D eigenvalue weighted by Gasteiger charge is -2.08. The molecule has 1 aromatic heterocycles. The zero-order chi connectivity index (χ0) is 12.5. The summed E-state index contributed by atoms with van der Waals surface area (Å²) in [6.45, 7) is 0. The van der Waals surface area contributed by atoms with E-state index in [0.717, 1.165) is 17.1 Å². The van der Waals surface area contributed by atoms with Gasteiger partial charge >= 0.3 is 0 Å². The van der Waals surface area contributed by atoms with Crippen LogP contribution in [0.1, 0.15) is 37.4 Å². The zero-order valence-corrected chi connectivity index (χ0v) is 10.3. The fraction of sp³-hybridized carbons (Fsp3) is 0.357. The summed E-state index contributed by atoms with van der Waals surface area (Å²) in [6, 6.07) is 9.98. The Morgan fingerprint density at radius 2 is 1.78 bits per heavy atom. The molecule has 1 heterocycles. The van der Waals surface area contributed by atoms with E-state index in [4.69, 9.17) is 11.6 Å². The Hall–Kier alpha value is -1.97. The smallest absolute Gasteiger partial charge is 0.150 e. The highest BCUT2D eigenvalue weighted by atomic mass is 15.4. The van der Waals surface area contributed by atoms with Crippen LogP contribution in [0.25, 0.3) is 11.3 Å². The summed E-state index contributed by atoms with van der Waals surface area (Å²) in [6.07, 6.45) is 4.86. The molecule has 1 saturated carbocycles. The lowest BCUT2D eigenvalue weighted by atomic mass is 10.1. The average Bonchev–Trinajstić information content (AvgIpc) is 3.01. The van der Waals surface area contributed by atoms with Crippen molar-refractivity contribution in [1.82, 2.24) is 9.66 Å². The fourth-order valence-electron chi connectivity index (χ4n) is 2.74. The SMILES string of the molecule is Nc1c(-c2ccccc2)nc(C2CCCC2)n1N. The zero-order valence-electron chi connectivity index (χ0n) is 10.3. The third-order valence-corrected chi connectivity index (χ3v) is 3.74. The first kappa shape index (κ1) is 11.1. The van der Waals surface area contributed by atoms with Gasteiger partial charge in [-0.25, -0.2) is 9.66 Å². The number of nitrogens with two attached hydrogens (primary N) is 2. The van der Waals surface area contributed by atoms with Crippen LogP contribution >= 0.6 is 0 Å². The van der Waals surface area contributed by atoms with Crippen molar-refractivity contribution < 1.29 is 0 Å². The van der Waals surface area contributed by atoms with E-state index >= 15 is 0 Å². The molecule has 2 aromatic rings. The molecule has 1 aliphatic rings. The van der Waals surface area contributed by atoms with Crippen LogP contribution in [0.15, 0.2) is 30.3 Å². The number of nitrogen functional groups attached to an aromatic ring is 2. The minimum atomic E-state index is 0.467. The Balaban J connectivity index is 2.04. The first-order valence-corrected chi connectivity index (χ1v) is 6.46. The van der Waals surface area contributed by atoms with Crippen LogP contribution in [0.5, 0.6) is 0 Å². The Labute approximate surface area is 107 Å². The van der Waals surface area contributed by atoms with Gasteiger partial charge < -0.3 is 11.6 Å². The second kappa shape index (κ2) is 4.37. The minimum Gasteiger partial charge on any atom is -0.382 e. The highest BCUT2D eigenvalue weighted by Gasteiger charge is 2.24. The molecule has 18 heavy (non-hydrogen) atoms. The largest absolute Gasteiger partial charge is 0.382 e. The molecule has 1 aliphatic carbocycles. The number of aromatic nitrogens is 2. The van der Waals surface area contributed by atoms with Crippen LogP contribution in [0.4, 0.5) is 5.82 Å². The van der Waals surface area contributed by atoms with E-state index in [1.807, 2.05) is 30.3 Å². The summed E-state index contributed by atoms with van der Waals surface area (Å²) in [5.74, 6) is 8.01. The topological polar surface area (TPSA) is 69.9 Å². The maximum atomic E-state index is 6.08. The molecule has 0 bridgehead atoms. The van der Waals surface area contributed by atoms with Gasteiger partial charge in [0.25, 0.3) is 0 Å². The number of benzene rings is 1. The number of nitrogens with zero attached hydrogens (tertiary/aromatic N) is 2. The molecular formula is C14H18N4. The molecular weight excluding hydrogens is 224 g/mol. The lowest BCUT2D eigenvalue weighted by molar-refractivity contribution is 0.648. The van der Waals surface area contributed by atoms with Gasteiger partial charge in [0.05, 0.1) is 0 Å². The Morgan fingerprint density at radius 1 is 1.11 bits per heavy atom. The molecule has 0 aliphatic heterocycles. The summed E-state index contributed by atoms with van der Waals surface area (Å²) < 4.78 is 1.57. The summed E-state index contributed by atoms with van der Waals surface area (Å²) >= 11 is 0. The molecule has 0 atom stereocenters. The molecule has 4 heteroatoms. The van der Waals surface area contributed by atoms with E-state index in [1.165, 1.54) is 25.7 Å². The van der Waals surface area contributed by atoms with E-state index < -0.39 is 0 Å². The number of hydrogen-bond donors (Lipinski definition) is 2. The van der Waals surface area contributed by atoms with Crippen LogP contribution in [0.3, 0.4) is 0 Å². The molecule has 0 saturated heterocycles. The highest BCUT2D eigenvalue weighted by molar-refractivity contribution is 5.71. The van der Waals surface area contributed by atoms with Crippen LogP contribution in [-0.2, 0) is 0 Å². The van der Waals surface area contributed by atoms with Crippen molar-refractivity contribution in [2.75, 3.05) is 11.6 Å².